The monoisotopic (exact) mass is 355 g/mol. The Morgan fingerprint density at radius 1 is 1.35 bits per heavy atom. The third-order valence-electron chi connectivity index (χ3n) is 4.18. The van der Waals surface area contributed by atoms with E-state index in [1.54, 1.807) is 18.2 Å². The molecule has 1 aliphatic rings. The standard InChI is InChI=1S/C16H18ClN3O2.ClH/c17-12-5-3-4-11(8-12)14-9-13(20-22-14)15(21)19-16(10-18)6-1-2-7-16;/h3-5,8-9H,1-2,6-7,10,18H2,(H,19,21);1H. The molecular weight excluding hydrogens is 337 g/mol. The van der Waals surface area contributed by atoms with E-state index in [-0.39, 0.29) is 29.5 Å². The number of nitrogens with two attached hydrogens (primary N) is 1. The van der Waals surface area contributed by atoms with Gasteiger partial charge in [0.2, 0.25) is 0 Å². The first-order valence-electron chi connectivity index (χ1n) is 7.37. The molecule has 1 amide bonds. The highest BCUT2D eigenvalue weighted by Gasteiger charge is 2.34. The summed E-state index contributed by atoms with van der Waals surface area (Å²) in [4.78, 5) is 12.4. The summed E-state index contributed by atoms with van der Waals surface area (Å²) in [6.45, 7) is 0.442. The molecule has 1 saturated carbocycles. The van der Waals surface area contributed by atoms with Crippen LogP contribution in [0, 0.1) is 0 Å². The molecule has 23 heavy (non-hydrogen) atoms. The Morgan fingerprint density at radius 3 is 2.74 bits per heavy atom. The minimum absolute atomic E-state index is 0. The fraction of sp³-hybridized carbons (Fsp3) is 0.375. The quantitative estimate of drug-likeness (QED) is 0.880. The summed E-state index contributed by atoms with van der Waals surface area (Å²) in [5.41, 5.74) is 6.58. The topological polar surface area (TPSA) is 81.1 Å². The average molecular weight is 356 g/mol. The molecule has 0 saturated heterocycles. The average Bonchev–Trinajstić information content (AvgIpc) is 3.17. The van der Waals surface area contributed by atoms with Crippen LogP contribution in [0.1, 0.15) is 36.2 Å². The second kappa shape index (κ2) is 7.34. The van der Waals surface area contributed by atoms with Crippen molar-refractivity contribution in [3.8, 4) is 11.3 Å². The van der Waals surface area contributed by atoms with Crippen LogP contribution in [-0.2, 0) is 0 Å². The van der Waals surface area contributed by atoms with E-state index in [0.29, 0.717) is 17.3 Å². The van der Waals surface area contributed by atoms with Crippen LogP contribution in [-0.4, -0.2) is 23.1 Å². The third-order valence-corrected chi connectivity index (χ3v) is 4.42. The Bertz CT molecular complexity index is 681. The van der Waals surface area contributed by atoms with Gasteiger partial charge in [0.05, 0.1) is 5.54 Å². The van der Waals surface area contributed by atoms with Crippen LogP contribution >= 0.6 is 24.0 Å². The zero-order valence-corrected chi connectivity index (χ0v) is 14.1. The van der Waals surface area contributed by atoms with Crippen LogP contribution in [0.25, 0.3) is 11.3 Å². The van der Waals surface area contributed by atoms with Gasteiger partial charge in [-0.25, -0.2) is 0 Å². The molecule has 0 bridgehead atoms. The van der Waals surface area contributed by atoms with Gasteiger partial charge in [0.1, 0.15) is 0 Å². The summed E-state index contributed by atoms with van der Waals surface area (Å²) in [7, 11) is 0. The second-order valence-electron chi connectivity index (χ2n) is 5.73. The first-order valence-corrected chi connectivity index (χ1v) is 7.75. The van der Waals surface area contributed by atoms with Gasteiger partial charge in [-0.2, -0.15) is 0 Å². The number of aromatic nitrogens is 1. The number of hydrogen-bond donors (Lipinski definition) is 2. The number of benzene rings is 1. The van der Waals surface area contributed by atoms with Crippen molar-refractivity contribution in [2.75, 3.05) is 6.54 Å². The molecule has 0 atom stereocenters. The molecule has 1 aromatic carbocycles. The predicted octanol–water partition coefficient (Wildman–Crippen LogP) is 3.42. The van der Waals surface area contributed by atoms with Crippen LogP contribution < -0.4 is 11.1 Å². The molecule has 1 heterocycles. The van der Waals surface area contributed by atoms with E-state index in [9.17, 15) is 4.79 Å². The number of hydrogen-bond acceptors (Lipinski definition) is 4. The molecule has 7 heteroatoms. The van der Waals surface area contributed by atoms with Gasteiger partial charge >= 0.3 is 0 Å². The number of halogens is 2. The molecule has 5 nitrogen and oxygen atoms in total. The summed E-state index contributed by atoms with van der Waals surface area (Å²) >= 11 is 5.96. The molecule has 3 rings (SSSR count). The number of carbonyl (C=O) groups is 1. The van der Waals surface area contributed by atoms with Gasteiger partial charge in [0.15, 0.2) is 11.5 Å². The first kappa shape index (κ1) is 17.8. The maximum absolute atomic E-state index is 12.4. The van der Waals surface area contributed by atoms with Crippen LogP contribution in [0.4, 0.5) is 0 Å². The lowest BCUT2D eigenvalue weighted by atomic mass is 9.97. The summed E-state index contributed by atoms with van der Waals surface area (Å²) in [5.74, 6) is 0.269. The van der Waals surface area contributed by atoms with Crippen molar-refractivity contribution in [2.45, 2.75) is 31.2 Å². The SMILES string of the molecule is Cl.NCC1(NC(=O)c2cc(-c3cccc(Cl)c3)on2)CCCC1. The van der Waals surface area contributed by atoms with Crippen molar-refractivity contribution in [1.29, 1.82) is 0 Å². The number of amides is 1. The largest absolute Gasteiger partial charge is 0.355 e. The summed E-state index contributed by atoms with van der Waals surface area (Å²) < 4.78 is 5.26. The van der Waals surface area contributed by atoms with Gasteiger partial charge in [-0.05, 0) is 25.0 Å². The molecule has 0 spiro atoms. The van der Waals surface area contributed by atoms with Gasteiger partial charge in [0.25, 0.3) is 5.91 Å². The van der Waals surface area contributed by atoms with Crippen molar-refractivity contribution in [3.63, 3.8) is 0 Å². The van der Waals surface area contributed by atoms with E-state index in [4.69, 9.17) is 21.9 Å². The van der Waals surface area contributed by atoms with Crippen molar-refractivity contribution in [3.05, 3.63) is 41.0 Å². The van der Waals surface area contributed by atoms with Gasteiger partial charge in [-0.1, -0.05) is 41.7 Å². The lowest BCUT2D eigenvalue weighted by Gasteiger charge is -2.28. The molecule has 1 aromatic heterocycles. The molecule has 3 N–H and O–H groups in total. The molecule has 1 aliphatic carbocycles. The Kier molecular flexibility index (Phi) is 5.68. The summed E-state index contributed by atoms with van der Waals surface area (Å²) in [5, 5.41) is 7.49. The van der Waals surface area contributed by atoms with Crippen molar-refractivity contribution in [1.82, 2.24) is 10.5 Å². The van der Waals surface area contributed by atoms with E-state index in [1.807, 2.05) is 12.1 Å². The maximum atomic E-state index is 12.4. The van der Waals surface area contributed by atoms with Gasteiger partial charge in [-0.15, -0.1) is 12.4 Å². The van der Waals surface area contributed by atoms with E-state index in [1.165, 1.54) is 0 Å². The van der Waals surface area contributed by atoms with E-state index in [2.05, 4.69) is 10.5 Å². The Labute approximate surface area is 146 Å². The lowest BCUT2D eigenvalue weighted by molar-refractivity contribution is 0.0894. The molecule has 0 radical (unpaired) electrons. The maximum Gasteiger partial charge on any atom is 0.273 e. The number of nitrogens with zero attached hydrogens (tertiary/aromatic N) is 1. The molecular formula is C16H19Cl2N3O2. The van der Waals surface area contributed by atoms with Gasteiger partial charge < -0.3 is 15.6 Å². The molecule has 1 fully saturated rings. The van der Waals surface area contributed by atoms with Crippen molar-refractivity contribution < 1.29 is 9.32 Å². The highest BCUT2D eigenvalue weighted by atomic mass is 35.5. The third kappa shape index (κ3) is 3.86. The zero-order chi connectivity index (χ0) is 15.6. The van der Waals surface area contributed by atoms with Crippen molar-refractivity contribution in [2.24, 2.45) is 5.73 Å². The Balaban J connectivity index is 0.00000192. The molecule has 124 valence electrons. The Morgan fingerprint density at radius 2 is 2.09 bits per heavy atom. The molecule has 0 unspecified atom stereocenters. The number of carbonyl (C=O) groups excluding carboxylic acids is 1. The fourth-order valence-electron chi connectivity index (χ4n) is 2.90. The number of nitrogens with one attached hydrogen (secondary N) is 1. The number of rotatable bonds is 4. The molecule has 2 aromatic rings. The van der Waals surface area contributed by atoms with Crippen molar-refractivity contribution >= 4 is 29.9 Å². The van der Waals surface area contributed by atoms with E-state index in [0.717, 1.165) is 31.2 Å². The van der Waals surface area contributed by atoms with Crippen LogP contribution in [0.15, 0.2) is 34.9 Å². The second-order valence-corrected chi connectivity index (χ2v) is 6.17. The Hall–Kier alpha value is -1.56. The van der Waals surface area contributed by atoms with E-state index < -0.39 is 0 Å². The summed E-state index contributed by atoms with van der Waals surface area (Å²) in [6.07, 6.45) is 4.00. The van der Waals surface area contributed by atoms with Gasteiger partial charge in [-0.3, -0.25) is 4.79 Å². The van der Waals surface area contributed by atoms with E-state index >= 15 is 0 Å². The first-order chi connectivity index (χ1) is 10.6. The van der Waals surface area contributed by atoms with Crippen LogP contribution in [0.2, 0.25) is 5.02 Å². The lowest BCUT2D eigenvalue weighted by Crippen LogP contribution is -2.51. The van der Waals surface area contributed by atoms with Crippen LogP contribution in [0.5, 0.6) is 0 Å². The van der Waals surface area contributed by atoms with Crippen LogP contribution in [0.3, 0.4) is 0 Å². The minimum Gasteiger partial charge on any atom is -0.355 e. The predicted molar refractivity (Wildman–Crippen MR) is 91.9 cm³/mol. The zero-order valence-electron chi connectivity index (χ0n) is 12.5. The normalized spacial score (nSPS) is 15.9. The highest BCUT2D eigenvalue weighted by molar-refractivity contribution is 6.30. The molecule has 0 aliphatic heterocycles. The fourth-order valence-corrected chi connectivity index (χ4v) is 3.09. The highest BCUT2D eigenvalue weighted by Crippen LogP contribution is 2.29. The summed E-state index contributed by atoms with van der Waals surface area (Å²) in [6, 6.07) is 8.84. The van der Waals surface area contributed by atoms with Gasteiger partial charge in [0, 0.05) is 23.2 Å². The minimum atomic E-state index is -0.299. The smallest absolute Gasteiger partial charge is 0.273 e.